The first-order valence-electron chi connectivity index (χ1n) is 8.58. The number of fused-ring (bicyclic) bond motifs is 1. The lowest BCUT2D eigenvalue weighted by Crippen LogP contribution is -2.32. The average molecular weight is 369 g/mol. The van der Waals surface area contributed by atoms with Gasteiger partial charge in [0.1, 0.15) is 5.76 Å². The molecule has 1 aromatic carbocycles. The fraction of sp³-hybridized carbons (Fsp3) is 0.316. The second-order valence-electron chi connectivity index (χ2n) is 6.26. The van der Waals surface area contributed by atoms with Crippen LogP contribution in [0.15, 0.2) is 50.7 Å². The summed E-state index contributed by atoms with van der Waals surface area (Å²) in [4.78, 5) is 12.3. The van der Waals surface area contributed by atoms with Gasteiger partial charge in [-0.25, -0.2) is 0 Å². The molecule has 0 radical (unpaired) electrons. The highest BCUT2D eigenvalue weighted by atomic mass is 32.2. The van der Waals surface area contributed by atoms with Crippen molar-refractivity contribution in [3.05, 3.63) is 53.5 Å². The molecule has 26 heavy (non-hydrogen) atoms. The Hall–Kier alpha value is -2.54. The number of hydrogen-bond donors (Lipinski definition) is 1. The Morgan fingerprint density at radius 1 is 1.31 bits per heavy atom. The third kappa shape index (κ3) is 3.53. The van der Waals surface area contributed by atoms with Crippen LogP contribution in [0.5, 0.6) is 0 Å². The first-order valence-corrected chi connectivity index (χ1v) is 9.57. The normalized spacial score (nSPS) is 16.3. The van der Waals surface area contributed by atoms with Gasteiger partial charge in [0.25, 0.3) is 11.1 Å². The number of benzene rings is 1. The Balaban J connectivity index is 1.35. The Kier molecular flexibility index (Phi) is 4.79. The molecule has 6 nitrogen and oxygen atoms in total. The van der Waals surface area contributed by atoms with E-state index in [2.05, 4.69) is 27.6 Å². The fourth-order valence-corrected chi connectivity index (χ4v) is 3.83. The van der Waals surface area contributed by atoms with Gasteiger partial charge in [-0.05, 0) is 43.4 Å². The Bertz CT molecular complexity index is 918. The summed E-state index contributed by atoms with van der Waals surface area (Å²) in [6.45, 7) is 1.84. The van der Waals surface area contributed by atoms with Gasteiger partial charge >= 0.3 is 0 Å². The van der Waals surface area contributed by atoms with Gasteiger partial charge in [0.2, 0.25) is 5.91 Å². The number of rotatable bonds is 5. The van der Waals surface area contributed by atoms with Crippen molar-refractivity contribution in [3.63, 3.8) is 0 Å². The monoisotopic (exact) mass is 369 g/mol. The van der Waals surface area contributed by atoms with Gasteiger partial charge in [0.15, 0.2) is 0 Å². The second kappa shape index (κ2) is 7.37. The van der Waals surface area contributed by atoms with E-state index in [1.807, 2.05) is 19.1 Å². The summed E-state index contributed by atoms with van der Waals surface area (Å²) in [5, 5.41) is 11.5. The van der Waals surface area contributed by atoms with Gasteiger partial charge in [-0.2, -0.15) is 0 Å². The van der Waals surface area contributed by atoms with Crippen molar-refractivity contribution in [2.45, 2.75) is 37.5 Å². The maximum atomic E-state index is 12.3. The first kappa shape index (κ1) is 16.9. The number of furan rings is 1. The van der Waals surface area contributed by atoms with Crippen molar-refractivity contribution in [3.8, 4) is 11.5 Å². The van der Waals surface area contributed by atoms with Crippen LogP contribution >= 0.6 is 11.8 Å². The van der Waals surface area contributed by atoms with Crippen molar-refractivity contribution in [1.82, 2.24) is 15.5 Å². The molecule has 1 N–H and O–H groups in total. The number of amides is 1. The standard InChI is InChI=1S/C19H19N3O3S/c1-12-14(9-10-24-12)18-21-22-19(25-18)26-11-17(23)20-16-8-4-6-13-5-2-3-7-15(13)16/h2-3,5,7,9-10,16H,4,6,8,11H2,1H3,(H,20,23)/t16-/m1/s1. The molecular weight excluding hydrogens is 350 g/mol. The van der Waals surface area contributed by atoms with Gasteiger partial charge in [-0.1, -0.05) is 36.0 Å². The zero-order valence-electron chi connectivity index (χ0n) is 14.4. The first-order chi connectivity index (χ1) is 12.7. The zero-order valence-corrected chi connectivity index (χ0v) is 15.2. The molecule has 0 aliphatic heterocycles. The molecule has 3 aromatic rings. The Morgan fingerprint density at radius 3 is 3.04 bits per heavy atom. The van der Waals surface area contributed by atoms with Gasteiger partial charge in [-0.15, -0.1) is 10.2 Å². The summed E-state index contributed by atoms with van der Waals surface area (Å²) in [6, 6.07) is 10.2. The zero-order chi connectivity index (χ0) is 17.9. The lowest BCUT2D eigenvalue weighted by Gasteiger charge is -2.26. The molecule has 134 valence electrons. The molecule has 1 aliphatic carbocycles. The highest BCUT2D eigenvalue weighted by molar-refractivity contribution is 7.99. The van der Waals surface area contributed by atoms with Crippen LogP contribution in [0.2, 0.25) is 0 Å². The summed E-state index contributed by atoms with van der Waals surface area (Å²) in [5.41, 5.74) is 3.33. The molecule has 0 saturated carbocycles. The molecule has 0 unspecified atom stereocenters. The molecule has 1 amide bonds. The number of nitrogens with one attached hydrogen (secondary N) is 1. The second-order valence-corrected chi connectivity index (χ2v) is 7.19. The maximum Gasteiger partial charge on any atom is 0.277 e. The molecule has 1 aliphatic rings. The van der Waals surface area contributed by atoms with Crippen LogP contribution in [0.1, 0.15) is 35.8 Å². The molecule has 2 heterocycles. The van der Waals surface area contributed by atoms with E-state index in [4.69, 9.17) is 8.83 Å². The van der Waals surface area contributed by atoms with Crippen LogP contribution in [0.25, 0.3) is 11.5 Å². The van der Waals surface area contributed by atoms with Crippen molar-refractivity contribution in [2.24, 2.45) is 0 Å². The van der Waals surface area contributed by atoms with Gasteiger partial charge in [0, 0.05) is 0 Å². The van der Waals surface area contributed by atoms with E-state index in [-0.39, 0.29) is 17.7 Å². The van der Waals surface area contributed by atoms with E-state index in [1.54, 1.807) is 12.3 Å². The van der Waals surface area contributed by atoms with Gasteiger partial charge in [0.05, 0.1) is 23.6 Å². The minimum Gasteiger partial charge on any atom is -0.469 e. The lowest BCUT2D eigenvalue weighted by atomic mass is 9.88. The molecular formula is C19H19N3O3S. The summed E-state index contributed by atoms with van der Waals surface area (Å²) < 4.78 is 10.8. The summed E-state index contributed by atoms with van der Waals surface area (Å²) in [6.07, 6.45) is 4.72. The topological polar surface area (TPSA) is 81.2 Å². The molecule has 4 rings (SSSR count). The quantitative estimate of drug-likeness (QED) is 0.687. The van der Waals surface area contributed by atoms with Crippen LogP contribution in [-0.2, 0) is 11.2 Å². The molecule has 7 heteroatoms. The lowest BCUT2D eigenvalue weighted by molar-refractivity contribution is -0.119. The maximum absolute atomic E-state index is 12.3. The summed E-state index contributed by atoms with van der Waals surface area (Å²) in [7, 11) is 0. The van der Waals surface area contributed by atoms with Crippen LogP contribution in [0, 0.1) is 6.92 Å². The van der Waals surface area contributed by atoms with E-state index in [0.717, 1.165) is 30.6 Å². The highest BCUT2D eigenvalue weighted by Gasteiger charge is 2.22. The molecule has 1 atom stereocenters. The summed E-state index contributed by atoms with van der Waals surface area (Å²) >= 11 is 1.24. The number of carbonyl (C=O) groups excluding carboxylic acids is 1. The van der Waals surface area contributed by atoms with E-state index in [0.29, 0.717) is 11.1 Å². The van der Waals surface area contributed by atoms with Crippen molar-refractivity contribution in [1.29, 1.82) is 0 Å². The fourth-order valence-electron chi connectivity index (χ4n) is 3.25. The minimum absolute atomic E-state index is 0.0315. The van der Waals surface area contributed by atoms with Crippen LogP contribution < -0.4 is 5.32 Å². The number of aromatic nitrogens is 2. The number of hydrogen-bond acceptors (Lipinski definition) is 6. The van der Waals surface area contributed by atoms with Crippen molar-refractivity contribution in [2.75, 3.05) is 5.75 Å². The highest BCUT2D eigenvalue weighted by Crippen LogP contribution is 2.30. The van der Waals surface area contributed by atoms with Gasteiger partial charge < -0.3 is 14.2 Å². The Morgan fingerprint density at radius 2 is 2.19 bits per heavy atom. The van der Waals surface area contributed by atoms with Gasteiger partial charge in [-0.3, -0.25) is 4.79 Å². The van der Waals surface area contributed by atoms with E-state index in [1.165, 1.54) is 22.9 Å². The minimum atomic E-state index is -0.0315. The molecule has 2 aromatic heterocycles. The average Bonchev–Trinajstić information content (AvgIpc) is 3.29. The van der Waals surface area contributed by atoms with Crippen LogP contribution in [0.4, 0.5) is 0 Å². The number of thioether (sulfide) groups is 1. The van der Waals surface area contributed by atoms with Crippen molar-refractivity contribution >= 4 is 17.7 Å². The largest absolute Gasteiger partial charge is 0.469 e. The number of aryl methyl sites for hydroxylation is 2. The SMILES string of the molecule is Cc1occc1-c1nnc(SCC(=O)N[C@@H]2CCCc3ccccc32)o1. The Labute approximate surface area is 155 Å². The molecule has 0 fully saturated rings. The third-order valence-electron chi connectivity index (χ3n) is 4.53. The predicted octanol–water partition coefficient (Wildman–Crippen LogP) is 3.92. The number of nitrogens with zero attached hydrogens (tertiary/aromatic N) is 2. The van der Waals surface area contributed by atoms with E-state index < -0.39 is 0 Å². The smallest absolute Gasteiger partial charge is 0.277 e. The van der Waals surface area contributed by atoms with Crippen molar-refractivity contribution < 1.29 is 13.6 Å². The van der Waals surface area contributed by atoms with E-state index >= 15 is 0 Å². The molecule has 0 spiro atoms. The predicted molar refractivity (Wildman–Crippen MR) is 97.7 cm³/mol. The van der Waals surface area contributed by atoms with Crippen LogP contribution in [-0.4, -0.2) is 21.9 Å². The molecule has 0 bridgehead atoms. The van der Waals surface area contributed by atoms with E-state index in [9.17, 15) is 4.79 Å². The third-order valence-corrected chi connectivity index (χ3v) is 5.35. The molecule has 0 saturated heterocycles. The van der Waals surface area contributed by atoms with Crippen LogP contribution in [0.3, 0.4) is 0 Å². The summed E-state index contributed by atoms with van der Waals surface area (Å²) in [5.74, 6) is 1.33. The number of carbonyl (C=O) groups is 1.